The van der Waals surface area contributed by atoms with Gasteiger partial charge in [0.15, 0.2) is 5.78 Å². The predicted molar refractivity (Wildman–Crippen MR) is 130 cm³/mol. The summed E-state index contributed by atoms with van der Waals surface area (Å²) in [6.45, 7) is 3.63. The number of urea groups is 1. The van der Waals surface area contributed by atoms with Crippen LogP contribution in [0, 0.1) is 0 Å². The van der Waals surface area contributed by atoms with Crippen molar-refractivity contribution >= 4 is 29.4 Å². The Morgan fingerprint density at radius 3 is 2.64 bits per heavy atom. The van der Waals surface area contributed by atoms with Crippen molar-refractivity contribution in [2.45, 2.75) is 33.0 Å². The van der Waals surface area contributed by atoms with Crippen molar-refractivity contribution in [2.24, 2.45) is 0 Å². The van der Waals surface area contributed by atoms with Crippen LogP contribution in [0.5, 0.6) is 5.75 Å². The van der Waals surface area contributed by atoms with Gasteiger partial charge in [-0.1, -0.05) is 35.0 Å². The number of ether oxygens (including phenoxy) is 2. The zero-order chi connectivity index (χ0) is 25.7. The quantitative estimate of drug-likeness (QED) is 0.333. The minimum absolute atomic E-state index is 0.0132. The molecule has 1 unspecified atom stereocenters. The molecule has 11 heteroatoms. The molecule has 3 aromatic rings. The van der Waals surface area contributed by atoms with Crippen LogP contribution < -0.4 is 15.4 Å². The Morgan fingerprint density at radius 1 is 1.14 bits per heavy atom. The first-order valence-corrected chi connectivity index (χ1v) is 11.6. The second-order valence-electron chi connectivity index (χ2n) is 7.95. The number of benzene rings is 2. The first kappa shape index (κ1) is 24.9. The second-order valence-corrected chi connectivity index (χ2v) is 8.39. The van der Waals surface area contributed by atoms with Crippen LogP contribution in [0.3, 0.4) is 0 Å². The average Bonchev–Trinajstić information content (AvgIpc) is 3.30. The Morgan fingerprint density at radius 2 is 1.89 bits per heavy atom. The minimum atomic E-state index is -0.762. The molecule has 0 bridgehead atoms. The van der Waals surface area contributed by atoms with E-state index < -0.39 is 18.0 Å². The maximum atomic E-state index is 12.6. The number of ketones is 1. The molecule has 36 heavy (non-hydrogen) atoms. The molecule has 2 heterocycles. The zero-order valence-electron chi connectivity index (χ0n) is 19.7. The lowest BCUT2D eigenvalue weighted by molar-refractivity contribution is -0.139. The molecular formula is C25H24ClN5O5. The molecule has 2 amide bonds. The van der Waals surface area contributed by atoms with Gasteiger partial charge in [0.2, 0.25) is 0 Å². The van der Waals surface area contributed by atoms with Gasteiger partial charge in [0.05, 0.1) is 24.4 Å². The monoisotopic (exact) mass is 509 g/mol. The summed E-state index contributed by atoms with van der Waals surface area (Å²) < 4.78 is 12.6. The molecule has 1 aromatic heterocycles. The number of rotatable bonds is 9. The van der Waals surface area contributed by atoms with Crippen molar-refractivity contribution in [1.29, 1.82) is 0 Å². The highest BCUT2D eigenvalue weighted by atomic mass is 35.5. The maximum Gasteiger partial charge on any atom is 0.338 e. The summed E-state index contributed by atoms with van der Waals surface area (Å²) in [6.07, 6.45) is 1.62. The number of allylic oxidation sites excluding steroid dienone is 1. The molecule has 0 spiro atoms. The predicted octanol–water partition coefficient (Wildman–Crippen LogP) is 3.58. The number of halogens is 1. The summed E-state index contributed by atoms with van der Waals surface area (Å²) in [7, 11) is 0. The first-order chi connectivity index (χ1) is 17.4. The van der Waals surface area contributed by atoms with Crippen LogP contribution >= 0.6 is 11.6 Å². The van der Waals surface area contributed by atoms with E-state index in [2.05, 4.69) is 20.9 Å². The number of Topliss-reactive ketones (excluding diaryl/α,β-unsaturated/α-hetero) is 1. The van der Waals surface area contributed by atoms with Crippen molar-refractivity contribution in [1.82, 2.24) is 25.6 Å². The molecule has 0 saturated heterocycles. The molecule has 186 valence electrons. The molecule has 0 fully saturated rings. The summed E-state index contributed by atoms with van der Waals surface area (Å²) in [5.74, 6) is -0.216. The van der Waals surface area contributed by atoms with Crippen LogP contribution in [-0.4, -0.2) is 39.4 Å². The lowest BCUT2D eigenvalue weighted by Gasteiger charge is -2.29. The van der Waals surface area contributed by atoms with E-state index >= 15 is 0 Å². The molecule has 2 N–H and O–H groups in total. The van der Waals surface area contributed by atoms with Gasteiger partial charge in [-0.15, -0.1) is 5.10 Å². The molecule has 1 aliphatic heterocycles. The Kier molecular flexibility index (Phi) is 7.65. The van der Waals surface area contributed by atoms with Gasteiger partial charge in [0.1, 0.15) is 24.6 Å². The Bertz CT molecular complexity index is 1320. The van der Waals surface area contributed by atoms with Gasteiger partial charge < -0.3 is 20.1 Å². The van der Waals surface area contributed by atoms with Crippen LogP contribution in [0.4, 0.5) is 4.79 Å². The highest BCUT2D eigenvalue weighted by Gasteiger charge is 2.33. The Hall–Kier alpha value is -4.18. The fraction of sp³-hybridized carbons (Fsp3) is 0.240. The van der Waals surface area contributed by atoms with Gasteiger partial charge in [-0.05, 0) is 44.2 Å². The number of esters is 1. The van der Waals surface area contributed by atoms with Gasteiger partial charge in [-0.2, -0.15) is 0 Å². The average molecular weight is 510 g/mol. The topological polar surface area (TPSA) is 124 Å². The van der Waals surface area contributed by atoms with E-state index in [4.69, 9.17) is 21.1 Å². The summed E-state index contributed by atoms with van der Waals surface area (Å²) in [5, 5.41) is 14.0. The Balaban J connectivity index is 1.48. The zero-order valence-corrected chi connectivity index (χ0v) is 20.4. The fourth-order valence-corrected chi connectivity index (χ4v) is 3.89. The van der Waals surface area contributed by atoms with E-state index in [-0.39, 0.29) is 25.5 Å². The molecular weight excluding hydrogens is 486 g/mol. The molecule has 0 aliphatic carbocycles. The highest BCUT2D eigenvalue weighted by Crippen LogP contribution is 2.33. The molecule has 0 saturated carbocycles. The number of hydrogen-bond donors (Lipinski definition) is 2. The van der Waals surface area contributed by atoms with Gasteiger partial charge in [0, 0.05) is 21.8 Å². The maximum absolute atomic E-state index is 12.6. The number of nitrogens with zero attached hydrogens (tertiary/aromatic N) is 3. The number of nitrogens with one attached hydrogen (secondary N) is 2. The Labute approximate surface area is 212 Å². The summed E-state index contributed by atoms with van der Waals surface area (Å²) in [4.78, 5) is 37.3. The largest absolute Gasteiger partial charge is 0.487 e. The van der Waals surface area contributed by atoms with Gasteiger partial charge in [0.25, 0.3) is 0 Å². The van der Waals surface area contributed by atoms with E-state index in [0.29, 0.717) is 38.9 Å². The van der Waals surface area contributed by atoms with Crippen molar-refractivity contribution in [3.8, 4) is 5.75 Å². The lowest BCUT2D eigenvalue weighted by Crippen LogP contribution is -2.45. The summed E-state index contributed by atoms with van der Waals surface area (Å²) in [5.41, 5.74) is 2.30. The molecule has 1 aliphatic rings. The first-order valence-electron chi connectivity index (χ1n) is 11.2. The number of aromatic nitrogens is 3. The molecule has 2 aromatic carbocycles. The van der Waals surface area contributed by atoms with Crippen LogP contribution in [-0.2, 0) is 22.7 Å². The minimum Gasteiger partial charge on any atom is -0.487 e. The van der Waals surface area contributed by atoms with Crippen LogP contribution in [0.1, 0.15) is 41.5 Å². The number of amides is 2. The number of para-hydroxylation sites is 1. The third kappa shape index (κ3) is 5.72. The highest BCUT2D eigenvalue weighted by molar-refractivity contribution is 6.30. The van der Waals surface area contributed by atoms with E-state index in [9.17, 15) is 14.4 Å². The SMILES string of the molecule is CCOC(=O)C1=C(C)NC(=O)NC1c1ccccc1OCc1cn(CC(=O)c2ccc(Cl)cc2)nn1. The van der Waals surface area contributed by atoms with Crippen molar-refractivity contribution in [2.75, 3.05) is 6.61 Å². The van der Waals surface area contributed by atoms with Crippen molar-refractivity contribution in [3.05, 3.63) is 87.8 Å². The summed E-state index contributed by atoms with van der Waals surface area (Å²) >= 11 is 5.88. The molecule has 1 atom stereocenters. The number of carbonyl (C=O) groups is 3. The second kappa shape index (κ2) is 11.0. The molecule has 0 radical (unpaired) electrons. The standard InChI is InChI=1S/C25H24ClN5O5/c1-3-35-24(33)22-15(2)27-25(34)28-23(22)19-6-4-5-7-21(19)36-14-18-12-31(30-29-18)13-20(32)16-8-10-17(26)11-9-16/h4-12,23H,3,13-14H2,1-2H3,(H2,27,28,34). The van der Waals surface area contributed by atoms with Gasteiger partial charge in [-0.3, -0.25) is 4.79 Å². The van der Waals surface area contributed by atoms with Crippen LogP contribution in [0.25, 0.3) is 0 Å². The molecule has 10 nitrogen and oxygen atoms in total. The van der Waals surface area contributed by atoms with E-state index in [1.54, 1.807) is 68.6 Å². The third-order valence-electron chi connectivity index (χ3n) is 5.43. The van der Waals surface area contributed by atoms with Crippen LogP contribution in [0.2, 0.25) is 5.02 Å². The fourth-order valence-electron chi connectivity index (χ4n) is 3.76. The number of carbonyl (C=O) groups excluding carboxylic acids is 3. The van der Waals surface area contributed by atoms with Gasteiger partial charge >= 0.3 is 12.0 Å². The van der Waals surface area contributed by atoms with Crippen LogP contribution in [0.15, 0.2) is 66.0 Å². The van der Waals surface area contributed by atoms with Crippen molar-refractivity contribution in [3.63, 3.8) is 0 Å². The lowest BCUT2D eigenvalue weighted by atomic mass is 9.95. The van der Waals surface area contributed by atoms with Crippen molar-refractivity contribution < 1.29 is 23.9 Å². The smallest absolute Gasteiger partial charge is 0.338 e. The number of hydrogen-bond acceptors (Lipinski definition) is 7. The van der Waals surface area contributed by atoms with E-state index in [1.165, 1.54) is 4.68 Å². The van der Waals surface area contributed by atoms with Gasteiger partial charge in [-0.25, -0.2) is 14.3 Å². The molecule has 4 rings (SSSR count). The van der Waals surface area contributed by atoms with E-state index in [1.807, 2.05) is 0 Å². The normalized spacial score (nSPS) is 15.2. The summed E-state index contributed by atoms with van der Waals surface area (Å²) in [6, 6.07) is 12.5. The third-order valence-corrected chi connectivity index (χ3v) is 5.68. The van der Waals surface area contributed by atoms with E-state index in [0.717, 1.165) is 0 Å².